The van der Waals surface area contributed by atoms with Crippen LogP contribution in [0.1, 0.15) is 6.42 Å². The molecule has 0 spiro atoms. The molecular weight excluding hydrogens is 208 g/mol. The zero-order chi connectivity index (χ0) is 11.0. The van der Waals surface area contributed by atoms with Crippen molar-refractivity contribution in [3.05, 3.63) is 12.5 Å². The van der Waals surface area contributed by atoms with Gasteiger partial charge in [0.05, 0.1) is 24.5 Å². The van der Waals surface area contributed by atoms with Crippen molar-refractivity contribution in [1.29, 1.82) is 0 Å². The topological polar surface area (TPSA) is 67.4 Å². The number of rotatable bonds is 2. The molecule has 1 N–H and O–H groups in total. The molecule has 2 aliphatic heterocycles. The first-order chi connectivity index (χ1) is 7.90. The molecule has 0 aromatic carbocycles. The van der Waals surface area contributed by atoms with Gasteiger partial charge in [0.25, 0.3) is 0 Å². The van der Waals surface area contributed by atoms with Crippen molar-refractivity contribution in [2.45, 2.75) is 18.6 Å². The van der Waals surface area contributed by atoms with Crippen molar-refractivity contribution in [2.24, 2.45) is 0 Å². The Morgan fingerprint density at radius 3 is 3.31 bits per heavy atom. The van der Waals surface area contributed by atoms with Gasteiger partial charge in [-0.3, -0.25) is 4.79 Å². The van der Waals surface area contributed by atoms with Gasteiger partial charge < -0.3 is 15.0 Å². The van der Waals surface area contributed by atoms with Gasteiger partial charge in [-0.1, -0.05) is 0 Å². The second-order valence-electron chi connectivity index (χ2n) is 3.91. The van der Waals surface area contributed by atoms with E-state index in [4.69, 9.17) is 4.74 Å². The standard InChI is InChI=1S/C10H12N4O2/c15-4-9-13-8-3-11-6-12-10(8)14(9)7-1-2-16-5-7/h3-4,6-7,9,13H,1-2,5H2/t7-,9?/m0/s1. The number of nitrogens with one attached hydrogen (secondary N) is 1. The normalized spacial score (nSPS) is 27.6. The molecule has 0 bridgehead atoms. The molecule has 0 saturated carbocycles. The highest BCUT2D eigenvalue weighted by Crippen LogP contribution is 2.34. The van der Waals surface area contributed by atoms with Crippen molar-refractivity contribution in [3.63, 3.8) is 0 Å². The highest BCUT2D eigenvalue weighted by atomic mass is 16.5. The molecule has 3 heterocycles. The largest absolute Gasteiger partial charge is 0.379 e. The van der Waals surface area contributed by atoms with Crippen molar-refractivity contribution in [1.82, 2.24) is 9.97 Å². The van der Waals surface area contributed by atoms with Crippen LogP contribution in [-0.2, 0) is 9.53 Å². The van der Waals surface area contributed by atoms with Gasteiger partial charge >= 0.3 is 0 Å². The highest BCUT2D eigenvalue weighted by Gasteiger charge is 2.36. The molecule has 16 heavy (non-hydrogen) atoms. The molecule has 0 aliphatic carbocycles. The summed E-state index contributed by atoms with van der Waals surface area (Å²) in [4.78, 5) is 21.2. The van der Waals surface area contributed by atoms with E-state index in [-0.39, 0.29) is 12.2 Å². The summed E-state index contributed by atoms with van der Waals surface area (Å²) in [5, 5.41) is 3.09. The predicted octanol–water partition coefficient (Wildman–Crippen LogP) is 0.0224. The van der Waals surface area contributed by atoms with Gasteiger partial charge in [0.2, 0.25) is 0 Å². The van der Waals surface area contributed by atoms with Crippen LogP contribution < -0.4 is 10.2 Å². The van der Waals surface area contributed by atoms with Gasteiger partial charge in [0.1, 0.15) is 6.33 Å². The molecule has 2 aliphatic rings. The zero-order valence-corrected chi connectivity index (χ0v) is 8.67. The van der Waals surface area contributed by atoms with Crippen LogP contribution in [-0.4, -0.2) is 41.7 Å². The first kappa shape index (κ1) is 9.53. The smallest absolute Gasteiger partial charge is 0.162 e. The number of fused-ring (bicyclic) bond motifs is 1. The second-order valence-corrected chi connectivity index (χ2v) is 3.91. The van der Waals surface area contributed by atoms with Crippen LogP contribution in [0.3, 0.4) is 0 Å². The first-order valence-electron chi connectivity index (χ1n) is 5.28. The molecular formula is C10H12N4O2. The second kappa shape index (κ2) is 3.71. The molecule has 1 fully saturated rings. The molecule has 84 valence electrons. The Morgan fingerprint density at radius 1 is 1.62 bits per heavy atom. The first-order valence-corrected chi connectivity index (χ1v) is 5.28. The van der Waals surface area contributed by atoms with E-state index in [1.807, 2.05) is 4.90 Å². The molecule has 0 radical (unpaired) electrons. The third kappa shape index (κ3) is 1.34. The Morgan fingerprint density at radius 2 is 2.56 bits per heavy atom. The molecule has 0 amide bonds. The van der Waals surface area contributed by atoms with Crippen LogP contribution in [0.25, 0.3) is 0 Å². The van der Waals surface area contributed by atoms with Gasteiger partial charge in [-0.15, -0.1) is 0 Å². The minimum atomic E-state index is -0.349. The van der Waals surface area contributed by atoms with Crippen molar-refractivity contribution < 1.29 is 9.53 Å². The summed E-state index contributed by atoms with van der Waals surface area (Å²) in [5.74, 6) is 0.794. The van der Waals surface area contributed by atoms with Crippen LogP contribution in [0, 0.1) is 0 Å². The third-order valence-corrected chi connectivity index (χ3v) is 2.97. The monoisotopic (exact) mass is 220 g/mol. The van der Waals surface area contributed by atoms with E-state index in [2.05, 4.69) is 15.3 Å². The maximum Gasteiger partial charge on any atom is 0.162 e. The van der Waals surface area contributed by atoms with Crippen LogP contribution in [0.4, 0.5) is 11.5 Å². The lowest BCUT2D eigenvalue weighted by atomic mass is 10.2. The number of carbonyl (C=O) groups excluding carboxylic acids is 1. The van der Waals surface area contributed by atoms with Gasteiger partial charge in [-0.2, -0.15) is 0 Å². The number of hydrogen-bond acceptors (Lipinski definition) is 6. The number of carbonyl (C=O) groups is 1. The molecule has 1 aromatic rings. The summed E-state index contributed by atoms with van der Waals surface area (Å²) >= 11 is 0. The molecule has 6 heteroatoms. The lowest BCUT2D eigenvalue weighted by Gasteiger charge is -2.27. The maximum absolute atomic E-state index is 11.0. The van der Waals surface area contributed by atoms with Crippen LogP contribution >= 0.6 is 0 Å². The number of aldehydes is 1. The Kier molecular flexibility index (Phi) is 2.21. The summed E-state index contributed by atoms with van der Waals surface area (Å²) in [6.07, 6.45) is 4.65. The maximum atomic E-state index is 11.0. The fourth-order valence-electron chi connectivity index (χ4n) is 2.23. The minimum absolute atomic E-state index is 0.221. The van der Waals surface area contributed by atoms with Gasteiger partial charge in [-0.05, 0) is 6.42 Å². The predicted molar refractivity (Wildman–Crippen MR) is 57.2 cm³/mol. The van der Waals surface area contributed by atoms with Crippen molar-refractivity contribution in [3.8, 4) is 0 Å². The minimum Gasteiger partial charge on any atom is -0.379 e. The van der Waals surface area contributed by atoms with E-state index in [1.54, 1.807) is 6.20 Å². The average Bonchev–Trinajstić information content (AvgIpc) is 2.94. The highest BCUT2D eigenvalue weighted by molar-refractivity contribution is 5.81. The molecule has 3 rings (SSSR count). The van der Waals surface area contributed by atoms with Gasteiger partial charge in [-0.25, -0.2) is 9.97 Å². The van der Waals surface area contributed by atoms with E-state index >= 15 is 0 Å². The number of aromatic nitrogens is 2. The van der Waals surface area contributed by atoms with E-state index < -0.39 is 0 Å². The number of ether oxygens (including phenoxy) is 1. The molecule has 2 atom stereocenters. The summed E-state index contributed by atoms with van der Waals surface area (Å²) in [6.45, 7) is 1.39. The van der Waals surface area contributed by atoms with E-state index in [0.717, 1.165) is 30.8 Å². The van der Waals surface area contributed by atoms with Crippen molar-refractivity contribution >= 4 is 17.8 Å². The third-order valence-electron chi connectivity index (χ3n) is 2.97. The summed E-state index contributed by atoms with van der Waals surface area (Å²) in [5.41, 5.74) is 0.812. The quantitative estimate of drug-likeness (QED) is 0.709. The van der Waals surface area contributed by atoms with Crippen LogP contribution in [0.15, 0.2) is 12.5 Å². The molecule has 1 unspecified atom stereocenters. The number of anilines is 2. The molecule has 1 aromatic heterocycles. The molecule has 6 nitrogen and oxygen atoms in total. The fraction of sp³-hybridized carbons (Fsp3) is 0.500. The Balaban J connectivity index is 1.96. The molecule has 1 saturated heterocycles. The van der Waals surface area contributed by atoms with Crippen molar-refractivity contribution in [2.75, 3.05) is 23.4 Å². The van der Waals surface area contributed by atoms with Crippen LogP contribution in [0.2, 0.25) is 0 Å². The lowest BCUT2D eigenvalue weighted by Crippen LogP contribution is -2.45. The number of hydrogen-bond donors (Lipinski definition) is 1. The lowest BCUT2D eigenvalue weighted by molar-refractivity contribution is -0.108. The van der Waals surface area contributed by atoms with E-state index in [1.165, 1.54) is 6.33 Å². The Hall–Kier alpha value is -1.69. The van der Waals surface area contributed by atoms with Gasteiger partial charge in [0, 0.05) is 6.61 Å². The summed E-state index contributed by atoms with van der Waals surface area (Å²) in [6, 6.07) is 0.221. The zero-order valence-electron chi connectivity index (χ0n) is 8.67. The van der Waals surface area contributed by atoms with E-state index in [0.29, 0.717) is 6.61 Å². The van der Waals surface area contributed by atoms with Crippen LogP contribution in [0.5, 0.6) is 0 Å². The fourth-order valence-corrected chi connectivity index (χ4v) is 2.23. The SMILES string of the molecule is O=CC1Nc2cncnc2N1[C@H]1CCOC1. The average molecular weight is 220 g/mol. The Bertz CT molecular complexity index is 406. The Labute approximate surface area is 92.6 Å². The summed E-state index contributed by atoms with van der Waals surface area (Å²) < 4.78 is 5.35. The van der Waals surface area contributed by atoms with Gasteiger partial charge in [0.15, 0.2) is 18.3 Å². The summed E-state index contributed by atoms with van der Waals surface area (Å²) in [7, 11) is 0. The number of nitrogens with zero attached hydrogens (tertiary/aromatic N) is 3. The van der Waals surface area contributed by atoms with E-state index in [9.17, 15) is 4.79 Å².